The molecule has 0 spiro atoms. The fourth-order valence-electron chi connectivity index (χ4n) is 2.87. The van der Waals surface area contributed by atoms with Gasteiger partial charge in [0.15, 0.2) is 20.4 Å². The third kappa shape index (κ3) is 6.47. The van der Waals surface area contributed by atoms with Crippen LogP contribution in [0.25, 0.3) is 0 Å². The highest BCUT2D eigenvalue weighted by Crippen LogP contribution is 2.20. The Hall–Kier alpha value is -0.895. The zero-order valence-electron chi connectivity index (χ0n) is 14.2. The van der Waals surface area contributed by atoms with Gasteiger partial charge in [-0.3, -0.25) is 9.59 Å². The highest BCUT2D eigenvalue weighted by molar-refractivity contribution is 7.20. The molecule has 0 amide bonds. The van der Waals surface area contributed by atoms with Crippen LogP contribution in [0.15, 0.2) is 0 Å². The maximum atomic E-state index is 11.2. The van der Waals surface area contributed by atoms with Gasteiger partial charge in [0.1, 0.15) is 0 Å². The summed E-state index contributed by atoms with van der Waals surface area (Å²) in [4.78, 5) is 23.3. The first kappa shape index (κ1) is 19.2. The highest BCUT2D eigenvalue weighted by Gasteiger charge is 2.13. The minimum atomic E-state index is 0.599. The van der Waals surface area contributed by atoms with Crippen LogP contribution in [-0.2, 0) is 6.42 Å². The van der Waals surface area contributed by atoms with Crippen LogP contribution in [0.3, 0.4) is 0 Å². The summed E-state index contributed by atoms with van der Waals surface area (Å²) in [6, 6.07) is 0. The summed E-state index contributed by atoms with van der Waals surface area (Å²) in [5.74, 6) is 0. The third-order valence-electron chi connectivity index (χ3n) is 4.24. The summed E-state index contributed by atoms with van der Waals surface area (Å²) in [5, 5.41) is 0. The molecule has 22 heavy (non-hydrogen) atoms. The molecule has 122 valence electrons. The molecule has 4 heteroatoms. The van der Waals surface area contributed by atoms with Crippen molar-refractivity contribution in [2.24, 2.45) is 0 Å². The van der Waals surface area contributed by atoms with Gasteiger partial charge in [0.05, 0.1) is 0 Å². The molecule has 0 radical (unpaired) electrons. The zero-order valence-corrected chi connectivity index (χ0v) is 15.0. The van der Waals surface area contributed by atoms with Crippen molar-refractivity contribution in [1.29, 1.82) is 0 Å². The standard InChI is InChI=1S/C18H29BO2S/c1-2-3-4-5-6-7-8-9-10-11-12-17-15(13-20)16(14-21)18(19)22-17/h13-14H,2-12,19H2,1H3. The van der Waals surface area contributed by atoms with E-state index in [0.717, 1.165) is 35.1 Å². The topological polar surface area (TPSA) is 34.1 Å². The summed E-state index contributed by atoms with van der Waals surface area (Å²) >= 11 is 1.61. The molecule has 2 nitrogen and oxygen atoms in total. The van der Waals surface area contributed by atoms with E-state index in [2.05, 4.69) is 6.92 Å². The van der Waals surface area contributed by atoms with E-state index >= 15 is 0 Å². The second-order valence-corrected chi connectivity index (χ2v) is 7.39. The third-order valence-corrected chi connectivity index (χ3v) is 5.44. The van der Waals surface area contributed by atoms with E-state index in [1.807, 2.05) is 7.85 Å². The average Bonchev–Trinajstić information content (AvgIpc) is 2.83. The first-order valence-corrected chi connectivity index (χ1v) is 9.58. The van der Waals surface area contributed by atoms with E-state index < -0.39 is 0 Å². The van der Waals surface area contributed by atoms with Crippen LogP contribution in [-0.4, -0.2) is 20.4 Å². The second kappa shape index (κ2) is 11.6. The molecule has 0 unspecified atom stereocenters. The van der Waals surface area contributed by atoms with Gasteiger partial charge < -0.3 is 0 Å². The molecule has 0 aliphatic rings. The summed E-state index contributed by atoms with van der Waals surface area (Å²) in [7, 11) is 1.92. The molecule has 0 atom stereocenters. The number of hydrogen-bond acceptors (Lipinski definition) is 3. The van der Waals surface area contributed by atoms with Crippen molar-refractivity contribution >= 4 is 36.5 Å². The largest absolute Gasteiger partial charge is 0.298 e. The minimum Gasteiger partial charge on any atom is -0.298 e. The number of unbranched alkanes of at least 4 members (excludes halogenated alkanes) is 9. The average molecular weight is 320 g/mol. The number of rotatable bonds is 13. The molecule has 0 fully saturated rings. The van der Waals surface area contributed by atoms with E-state index in [0.29, 0.717) is 11.1 Å². The van der Waals surface area contributed by atoms with Gasteiger partial charge in [-0.1, -0.05) is 64.7 Å². The van der Waals surface area contributed by atoms with Crippen molar-refractivity contribution in [2.45, 2.75) is 77.6 Å². The van der Waals surface area contributed by atoms with Crippen LogP contribution in [0.5, 0.6) is 0 Å². The maximum Gasteiger partial charge on any atom is 0.153 e. The Bertz CT molecular complexity index is 454. The summed E-state index contributed by atoms with van der Waals surface area (Å²) in [5.41, 5.74) is 1.23. The molecule has 0 saturated heterocycles. The summed E-state index contributed by atoms with van der Waals surface area (Å²) in [6.45, 7) is 2.25. The van der Waals surface area contributed by atoms with Crippen LogP contribution in [0, 0.1) is 0 Å². The number of carbonyl (C=O) groups is 2. The van der Waals surface area contributed by atoms with Gasteiger partial charge in [-0.15, -0.1) is 0 Å². The maximum absolute atomic E-state index is 11.2. The Kier molecular flexibility index (Phi) is 10.1. The highest BCUT2D eigenvalue weighted by atomic mass is 32.1. The van der Waals surface area contributed by atoms with E-state index in [9.17, 15) is 9.59 Å². The number of thiophene rings is 1. The van der Waals surface area contributed by atoms with Gasteiger partial charge in [0.2, 0.25) is 0 Å². The molecule has 1 aromatic heterocycles. The van der Waals surface area contributed by atoms with Crippen molar-refractivity contribution in [3.05, 3.63) is 16.0 Å². The fraction of sp³-hybridized carbons (Fsp3) is 0.667. The molecule has 0 aromatic carbocycles. The number of aldehydes is 2. The van der Waals surface area contributed by atoms with Crippen LogP contribution in [0.4, 0.5) is 0 Å². The quantitative estimate of drug-likeness (QED) is 0.312. The first-order chi connectivity index (χ1) is 10.7. The minimum absolute atomic E-state index is 0.599. The monoisotopic (exact) mass is 320 g/mol. The Morgan fingerprint density at radius 2 is 1.32 bits per heavy atom. The van der Waals surface area contributed by atoms with Crippen LogP contribution >= 0.6 is 11.3 Å². The van der Waals surface area contributed by atoms with E-state index in [4.69, 9.17) is 0 Å². The summed E-state index contributed by atoms with van der Waals surface area (Å²) in [6.07, 6.45) is 15.8. The predicted molar refractivity (Wildman–Crippen MR) is 98.8 cm³/mol. The van der Waals surface area contributed by atoms with Crippen LogP contribution in [0.2, 0.25) is 0 Å². The summed E-state index contributed by atoms with van der Waals surface area (Å²) < 4.78 is 0.971. The molecule has 0 aliphatic carbocycles. The molecular formula is C18H29BO2S. The lowest BCUT2D eigenvalue weighted by Gasteiger charge is -2.02. The van der Waals surface area contributed by atoms with Crippen molar-refractivity contribution in [3.63, 3.8) is 0 Å². The van der Waals surface area contributed by atoms with Gasteiger partial charge in [-0.25, -0.2) is 0 Å². The van der Waals surface area contributed by atoms with Crippen molar-refractivity contribution < 1.29 is 9.59 Å². The number of carbonyl (C=O) groups excluding carboxylic acids is 2. The van der Waals surface area contributed by atoms with E-state index in [1.54, 1.807) is 11.3 Å². The number of hydrogen-bond donors (Lipinski definition) is 0. The van der Waals surface area contributed by atoms with Gasteiger partial charge in [0.25, 0.3) is 0 Å². The Labute approximate surface area is 140 Å². The molecule has 1 aromatic rings. The van der Waals surface area contributed by atoms with Crippen molar-refractivity contribution in [2.75, 3.05) is 0 Å². The molecular weight excluding hydrogens is 291 g/mol. The Balaban J connectivity index is 2.15. The molecule has 0 aliphatic heterocycles. The smallest absolute Gasteiger partial charge is 0.153 e. The molecule has 1 rings (SSSR count). The SMILES string of the molecule is Bc1sc(CCCCCCCCCCCC)c(C=O)c1C=O. The van der Waals surface area contributed by atoms with Crippen LogP contribution < -0.4 is 4.78 Å². The Morgan fingerprint density at radius 1 is 0.818 bits per heavy atom. The van der Waals surface area contributed by atoms with E-state index in [-0.39, 0.29) is 0 Å². The van der Waals surface area contributed by atoms with Crippen LogP contribution in [0.1, 0.15) is 96.7 Å². The second-order valence-electron chi connectivity index (χ2n) is 6.08. The lowest BCUT2D eigenvalue weighted by Crippen LogP contribution is -2.03. The van der Waals surface area contributed by atoms with Gasteiger partial charge in [0, 0.05) is 16.0 Å². The molecule has 0 bridgehead atoms. The Morgan fingerprint density at radius 3 is 1.82 bits per heavy atom. The van der Waals surface area contributed by atoms with Gasteiger partial charge in [-0.05, 0) is 17.6 Å². The van der Waals surface area contributed by atoms with Crippen molar-refractivity contribution in [3.8, 4) is 0 Å². The normalized spacial score (nSPS) is 10.8. The van der Waals surface area contributed by atoms with Crippen molar-refractivity contribution in [1.82, 2.24) is 0 Å². The first-order valence-electron chi connectivity index (χ1n) is 8.77. The lowest BCUT2D eigenvalue weighted by molar-refractivity contribution is 0.109. The van der Waals surface area contributed by atoms with Gasteiger partial charge >= 0.3 is 0 Å². The molecule has 1 heterocycles. The van der Waals surface area contributed by atoms with E-state index in [1.165, 1.54) is 57.8 Å². The predicted octanol–water partition coefficient (Wildman–Crippen LogP) is 4.09. The number of aryl methyl sites for hydroxylation is 1. The zero-order chi connectivity index (χ0) is 16.2. The molecule has 0 saturated carbocycles. The fourth-order valence-corrected chi connectivity index (χ4v) is 4.02. The lowest BCUT2D eigenvalue weighted by atomic mass is 9.98. The van der Waals surface area contributed by atoms with Gasteiger partial charge in [-0.2, -0.15) is 11.3 Å². The molecule has 0 N–H and O–H groups in total.